The zero-order chi connectivity index (χ0) is 17.4. The largest absolute Gasteiger partial charge is 0.504 e. The molecule has 2 aromatic rings. The molecule has 0 radical (unpaired) electrons. The summed E-state index contributed by atoms with van der Waals surface area (Å²) in [6.07, 6.45) is 0. The molecule has 2 aromatic carbocycles. The molecule has 23 heavy (non-hydrogen) atoms. The Morgan fingerprint density at radius 1 is 1.00 bits per heavy atom. The lowest BCUT2D eigenvalue weighted by Gasteiger charge is -2.22. The maximum Gasteiger partial charge on any atom is 0.169 e. The predicted molar refractivity (Wildman–Crippen MR) is 100 cm³/mol. The number of alkyl halides is 1. The minimum absolute atomic E-state index is 0.0138. The third-order valence-corrected chi connectivity index (χ3v) is 4.58. The third-order valence-electron chi connectivity index (χ3n) is 3.98. The zero-order valence-corrected chi connectivity index (χ0v) is 16.3. The van der Waals surface area contributed by atoms with Crippen LogP contribution in [0, 0.1) is 20.8 Å². The van der Waals surface area contributed by atoms with Crippen LogP contribution in [-0.4, -0.2) is 5.11 Å². The Kier molecular flexibility index (Phi) is 5.10. The lowest BCUT2D eigenvalue weighted by molar-refractivity contribution is 0.403. The number of hydrogen-bond donors (Lipinski definition) is 1. The van der Waals surface area contributed by atoms with Crippen LogP contribution in [0.5, 0.6) is 17.2 Å². The van der Waals surface area contributed by atoms with Crippen LogP contribution in [0.15, 0.2) is 24.3 Å². The summed E-state index contributed by atoms with van der Waals surface area (Å²) in [6, 6.07) is 8.17. The van der Waals surface area contributed by atoms with Crippen LogP contribution in [0.3, 0.4) is 0 Å². The number of aryl methyl sites for hydroxylation is 3. The second-order valence-electron chi connectivity index (χ2n) is 7.20. The van der Waals surface area contributed by atoms with E-state index in [1.807, 2.05) is 26.0 Å². The first-order valence-electron chi connectivity index (χ1n) is 7.81. The molecule has 0 unspecified atom stereocenters. The van der Waals surface area contributed by atoms with E-state index in [-0.39, 0.29) is 11.2 Å². The van der Waals surface area contributed by atoms with Crippen LogP contribution in [0.25, 0.3) is 0 Å². The van der Waals surface area contributed by atoms with Crippen LogP contribution < -0.4 is 4.74 Å². The first-order valence-corrected chi connectivity index (χ1v) is 8.93. The van der Waals surface area contributed by atoms with Crippen molar-refractivity contribution in [2.75, 3.05) is 0 Å². The van der Waals surface area contributed by atoms with Crippen molar-refractivity contribution in [2.45, 2.75) is 52.3 Å². The van der Waals surface area contributed by atoms with Gasteiger partial charge in [0.05, 0.1) is 0 Å². The SMILES string of the molecule is Cc1cc(C)c(Oc2cc(C(C)(C)C)cc(CBr)c2O)c(C)c1. The zero-order valence-electron chi connectivity index (χ0n) is 14.7. The van der Waals surface area contributed by atoms with E-state index in [1.165, 1.54) is 5.56 Å². The van der Waals surface area contributed by atoms with Crippen molar-refractivity contribution in [2.24, 2.45) is 0 Å². The van der Waals surface area contributed by atoms with Crippen molar-refractivity contribution in [1.82, 2.24) is 0 Å². The Morgan fingerprint density at radius 3 is 2.04 bits per heavy atom. The number of aromatic hydroxyl groups is 1. The average molecular weight is 377 g/mol. The molecule has 0 aromatic heterocycles. The Labute approximate surface area is 147 Å². The van der Waals surface area contributed by atoms with Gasteiger partial charge in [-0.3, -0.25) is 0 Å². The predicted octanol–water partition coefficient (Wildman–Crippen LogP) is 6.30. The summed E-state index contributed by atoms with van der Waals surface area (Å²) in [5.74, 6) is 1.54. The maximum atomic E-state index is 10.5. The molecule has 124 valence electrons. The van der Waals surface area contributed by atoms with Crippen molar-refractivity contribution in [3.05, 3.63) is 52.1 Å². The molecule has 0 aliphatic heterocycles. The molecule has 0 heterocycles. The molecule has 0 aliphatic rings. The number of phenolic OH excluding ortho intramolecular Hbond substituents is 1. The molecule has 0 fully saturated rings. The number of hydrogen-bond acceptors (Lipinski definition) is 2. The first-order chi connectivity index (χ1) is 10.6. The Balaban J connectivity index is 2.56. The first kappa shape index (κ1) is 17.9. The Hall–Kier alpha value is -1.48. The number of rotatable bonds is 3. The lowest BCUT2D eigenvalue weighted by Crippen LogP contribution is -2.11. The normalized spacial score (nSPS) is 11.6. The van der Waals surface area contributed by atoms with Gasteiger partial charge in [-0.2, -0.15) is 0 Å². The summed E-state index contributed by atoms with van der Waals surface area (Å²) in [6.45, 7) is 12.6. The quantitative estimate of drug-likeness (QED) is 0.636. The van der Waals surface area contributed by atoms with Gasteiger partial charge in [-0.15, -0.1) is 0 Å². The van der Waals surface area contributed by atoms with Crippen LogP contribution in [0.1, 0.15) is 48.6 Å². The molecule has 3 heteroatoms. The molecule has 0 saturated heterocycles. The molecule has 0 bridgehead atoms. The van der Waals surface area contributed by atoms with E-state index in [0.29, 0.717) is 11.1 Å². The van der Waals surface area contributed by atoms with Crippen LogP contribution >= 0.6 is 15.9 Å². The summed E-state index contributed by atoms with van der Waals surface area (Å²) in [5.41, 5.74) is 5.32. The molecule has 2 nitrogen and oxygen atoms in total. The number of ether oxygens (including phenoxy) is 1. The van der Waals surface area contributed by atoms with Gasteiger partial charge >= 0.3 is 0 Å². The summed E-state index contributed by atoms with van der Waals surface area (Å²) in [4.78, 5) is 0. The fourth-order valence-corrected chi connectivity index (χ4v) is 3.14. The molecule has 0 amide bonds. The topological polar surface area (TPSA) is 29.5 Å². The molecular formula is C20H25BrO2. The van der Waals surface area contributed by atoms with Gasteiger partial charge in [0.25, 0.3) is 0 Å². The van der Waals surface area contributed by atoms with Gasteiger partial charge in [0.15, 0.2) is 11.5 Å². The highest BCUT2D eigenvalue weighted by Gasteiger charge is 2.20. The van der Waals surface area contributed by atoms with E-state index < -0.39 is 0 Å². The van der Waals surface area contributed by atoms with E-state index in [0.717, 1.165) is 28.0 Å². The van der Waals surface area contributed by atoms with Crippen molar-refractivity contribution in [3.8, 4) is 17.2 Å². The van der Waals surface area contributed by atoms with Gasteiger partial charge in [0.2, 0.25) is 0 Å². The molecule has 1 N–H and O–H groups in total. The standard InChI is InChI=1S/C20H25BrO2/c1-12-7-13(2)19(14(3)8-12)23-17-10-16(20(4,5)6)9-15(11-21)18(17)22/h7-10,22H,11H2,1-6H3. The summed E-state index contributed by atoms with van der Waals surface area (Å²) < 4.78 is 6.13. The van der Waals surface area contributed by atoms with Crippen LogP contribution in [-0.2, 0) is 10.7 Å². The monoisotopic (exact) mass is 376 g/mol. The Morgan fingerprint density at radius 2 is 1.57 bits per heavy atom. The highest BCUT2D eigenvalue weighted by atomic mass is 79.9. The minimum atomic E-state index is -0.0138. The second kappa shape index (κ2) is 6.56. The smallest absolute Gasteiger partial charge is 0.169 e. The van der Waals surface area contributed by atoms with Crippen LogP contribution in [0.4, 0.5) is 0 Å². The van der Waals surface area contributed by atoms with Crippen molar-refractivity contribution >= 4 is 15.9 Å². The molecule has 0 saturated carbocycles. The fourth-order valence-electron chi connectivity index (χ4n) is 2.72. The maximum absolute atomic E-state index is 10.5. The highest BCUT2D eigenvalue weighted by molar-refractivity contribution is 9.08. The molecular weight excluding hydrogens is 352 g/mol. The second-order valence-corrected chi connectivity index (χ2v) is 7.76. The summed E-state index contributed by atoms with van der Waals surface area (Å²) in [5, 5.41) is 11.1. The summed E-state index contributed by atoms with van der Waals surface area (Å²) in [7, 11) is 0. The third kappa shape index (κ3) is 3.89. The van der Waals surface area contributed by atoms with Gasteiger partial charge in [-0.1, -0.05) is 60.5 Å². The van der Waals surface area contributed by atoms with Gasteiger partial charge in [0.1, 0.15) is 5.75 Å². The minimum Gasteiger partial charge on any atom is -0.504 e. The van der Waals surface area contributed by atoms with Gasteiger partial charge in [-0.05, 0) is 48.9 Å². The van der Waals surface area contributed by atoms with Gasteiger partial charge in [0, 0.05) is 10.9 Å². The molecule has 0 spiro atoms. The van der Waals surface area contributed by atoms with E-state index in [9.17, 15) is 5.11 Å². The van der Waals surface area contributed by atoms with Crippen molar-refractivity contribution < 1.29 is 9.84 Å². The van der Waals surface area contributed by atoms with Crippen molar-refractivity contribution in [1.29, 1.82) is 0 Å². The number of benzene rings is 2. The van der Waals surface area contributed by atoms with Gasteiger partial charge in [-0.25, -0.2) is 0 Å². The van der Waals surface area contributed by atoms with E-state index in [2.05, 4.69) is 55.8 Å². The van der Waals surface area contributed by atoms with E-state index >= 15 is 0 Å². The molecule has 0 atom stereocenters. The van der Waals surface area contributed by atoms with E-state index in [1.54, 1.807) is 0 Å². The Bertz CT molecular complexity index is 704. The van der Waals surface area contributed by atoms with Crippen LogP contribution in [0.2, 0.25) is 0 Å². The highest BCUT2D eigenvalue weighted by Crippen LogP contribution is 2.40. The fraction of sp³-hybridized carbons (Fsp3) is 0.400. The number of halogens is 1. The molecule has 2 rings (SSSR count). The molecule has 0 aliphatic carbocycles. The summed E-state index contributed by atoms with van der Waals surface area (Å²) >= 11 is 3.45. The number of phenols is 1. The average Bonchev–Trinajstić information content (AvgIpc) is 2.43. The van der Waals surface area contributed by atoms with E-state index in [4.69, 9.17) is 4.74 Å². The lowest BCUT2D eigenvalue weighted by atomic mass is 9.86. The van der Waals surface area contributed by atoms with Crippen molar-refractivity contribution in [3.63, 3.8) is 0 Å². The van der Waals surface area contributed by atoms with Gasteiger partial charge < -0.3 is 9.84 Å².